The summed E-state index contributed by atoms with van der Waals surface area (Å²) in [6, 6.07) is 6.38. The highest BCUT2D eigenvalue weighted by Crippen LogP contribution is 2.22. The maximum absolute atomic E-state index is 4.67. The van der Waals surface area contributed by atoms with Gasteiger partial charge in [0.05, 0.1) is 12.2 Å². The Hall–Kier alpha value is -1.61. The van der Waals surface area contributed by atoms with Crippen LogP contribution in [0, 0.1) is 20.8 Å². The summed E-state index contributed by atoms with van der Waals surface area (Å²) in [6.45, 7) is 10.7. The third-order valence-corrected chi connectivity index (χ3v) is 5.53. The number of guanidine groups is 1. The summed E-state index contributed by atoms with van der Waals surface area (Å²) in [4.78, 5) is 13.9. The van der Waals surface area contributed by atoms with Gasteiger partial charge in [-0.2, -0.15) is 0 Å². The Morgan fingerprint density at radius 1 is 1.22 bits per heavy atom. The predicted molar refractivity (Wildman–Crippen MR) is 127 cm³/mol. The lowest BCUT2D eigenvalue weighted by Gasteiger charge is -2.11. The van der Waals surface area contributed by atoms with Crippen LogP contribution in [0.4, 0.5) is 0 Å². The fourth-order valence-corrected chi connectivity index (χ4v) is 3.92. The van der Waals surface area contributed by atoms with Crippen molar-refractivity contribution in [2.75, 3.05) is 13.1 Å². The second-order valence-electron chi connectivity index (χ2n) is 6.43. The zero-order valence-electron chi connectivity index (χ0n) is 16.3. The number of aliphatic imine (C=N–C) groups is 1. The van der Waals surface area contributed by atoms with Crippen molar-refractivity contribution < 1.29 is 0 Å². The molecule has 146 valence electrons. The molecule has 0 aliphatic rings. The smallest absolute Gasteiger partial charge is 0.191 e. The molecule has 0 unspecified atom stereocenters. The van der Waals surface area contributed by atoms with Gasteiger partial charge < -0.3 is 15.6 Å². The first-order valence-electron chi connectivity index (χ1n) is 9.09. The summed E-state index contributed by atoms with van der Waals surface area (Å²) >= 11 is 1.72. The molecule has 0 bridgehead atoms. The average Bonchev–Trinajstić information content (AvgIpc) is 3.17. The first kappa shape index (κ1) is 21.7. The minimum atomic E-state index is 0. The molecule has 1 aromatic carbocycles. The second kappa shape index (κ2) is 10.1. The highest BCUT2D eigenvalue weighted by molar-refractivity contribution is 14.0. The van der Waals surface area contributed by atoms with E-state index in [1.54, 1.807) is 11.3 Å². The number of aromatic nitrogens is 2. The highest BCUT2D eigenvalue weighted by Gasteiger charge is 2.07. The molecule has 0 aliphatic heterocycles. The number of thiazole rings is 1. The first-order chi connectivity index (χ1) is 12.6. The Balaban J connectivity index is 0.00000261. The maximum atomic E-state index is 4.67. The summed E-state index contributed by atoms with van der Waals surface area (Å²) in [5, 5.41) is 9.15. The number of halogens is 1. The van der Waals surface area contributed by atoms with E-state index in [0.29, 0.717) is 6.54 Å². The quantitative estimate of drug-likeness (QED) is 0.268. The molecule has 0 atom stereocenters. The molecular formula is C20H28IN5S. The zero-order valence-corrected chi connectivity index (χ0v) is 19.5. The van der Waals surface area contributed by atoms with Crippen molar-refractivity contribution in [3.63, 3.8) is 0 Å². The number of benzene rings is 1. The molecular weight excluding hydrogens is 469 g/mol. The second-order valence-corrected chi connectivity index (χ2v) is 7.72. The van der Waals surface area contributed by atoms with Gasteiger partial charge in [0.15, 0.2) is 5.96 Å². The number of rotatable bonds is 6. The number of hydrogen-bond acceptors (Lipinski definition) is 3. The molecule has 0 radical (unpaired) electrons. The van der Waals surface area contributed by atoms with E-state index in [4.69, 9.17) is 0 Å². The van der Waals surface area contributed by atoms with E-state index in [1.165, 1.54) is 26.9 Å². The number of nitrogens with one attached hydrogen (secondary N) is 3. The normalized spacial score (nSPS) is 11.5. The van der Waals surface area contributed by atoms with Gasteiger partial charge in [0.1, 0.15) is 5.01 Å². The topological polar surface area (TPSA) is 65.1 Å². The Bertz CT molecular complexity index is 893. The molecule has 0 spiro atoms. The molecule has 0 amide bonds. The minimum Gasteiger partial charge on any atom is -0.361 e. The largest absolute Gasteiger partial charge is 0.361 e. The van der Waals surface area contributed by atoms with E-state index in [1.807, 2.05) is 6.92 Å². The molecule has 0 aliphatic carbocycles. The van der Waals surface area contributed by atoms with Crippen molar-refractivity contribution >= 4 is 52.2 Å². The number of aryl methyl sites for hydroxylation is 3. The summed E-state index contributed by atoms with van der Waals surface area (Å²) in [7, 11) is 0. The minimum absolute atomic E-state index is 0. The summed E-state index contributed by atoms with van der Waals surface area (Å²) in [6.07, 6.45) is 3.06. The van der Waals surface area contributed by atoms with Gasteiger partial charge in [-0.15, -0.1) is 35.3 Å². The number of H-pyrrole nitrogens is 1. The van der Waals surface area contributed by atoms with Gasteiger partial charge in [-0.3, -0.25) is 0 Å². The average molecular weight is 497 g/mol. The Morgan fingerprint density at radius 2 is 2.04 bits per heavy atom. The van der Waals surface area contributed by atoms with E-state index >= 15 is 0 Å². The Kier molecular flexibility index (Phi) is 8.09. The summed E-state index contributed by atoms with van der Waals surface area (Å²) in [5.41, 5.74) is 4.96. The van der Waals surface area contributed by atoms with E-state index in [0.717, 1.165) is 36.2 Å². The van der Waals surface area contributed by atoms with Crippen molar-refractivity contribution in [3.05, 3.63) is 51.1 Å². The zero-order chi connectivity index (χ0) is 18.5. The van der Waals surface area contributed by atoms with Crippen LogP contribution in [-0.2, 0) is 13.0 Å². The third kappa shape index (κ3) is 5.44. The van der Waals surface area contributed by atoms with Gasteiger partial charge in [-0.25, -0.2) is 9.98 Å². The lowest BCUT2D eigenvalue weighted by Crippen LogP contribution is -2.38. The number of aromatic amines is 1. The monoisotopic (exact) mass is 497 g/mol. The van der Waals surface area contributed by atoms with Crippen LogP contribution in [-0.4, -0.2) is 29.0 Å². The van der Waals surface area contributed by atoms with Crippen LogP contribution in [0.1, 0.15) is 33.6 Å². The molecule has 3 N–H and O–H groups in total. The van der Waals surface area contributed by atoms with Gasteiger partial charge >= 0.3 is 0 Å². The number of nitrogens with zero attached hydrogens (tertiary/aromatic N) is 2. The van der Waals surface area contributed by atoms with E-state index in [-0.39, 0.29) is 24.0 Å². The lowest BCUT2D eigenvalue weighted by atomic mass is 10.1. The van der Waals surface area contributed by atoms with Crippen LogP contribution in [0.5, 0.6) is 0 Å². The lowest BCUT2D eigenvalue weighted by molar-refractivity contribution is 0.800. The van der Waals surface area contributed by atoms with Crippen molar-refractivity contribution in [1.29, 1.82) is 0 Å². The molecule has 5 nitrogen and oxygen atoms in total. The SMILES string of the molecule is CCNC(=NCc1nc(C)c(C)s1)NCCc1c[nH]c2cccc(C)c12.I. The highest BCUT2D eigenvalue weighted by atomic mass is 127. The fourth-order valence-electron chi connectivity index (χ4n) is 3.06. The van der Waals surface area contributed by atoms with Gasteiger partial charge in [0.2, 0.25) is 0 Å². The standard InChI is InChI=1S/C20H27N5S.HI/c1-5-21-20(24-12-18-25-14(3)15(4)26-18)22-10-9-16-11-23-17-8-6-7-13(2)19(16)17;/h6-8,11,23H,5,9-10,12H2,1-4H3,(H2,21,22,24);1H. The van der Waals surface area contributed by atoms with Gasteiger partial charge in [-0.1, -0.05) is 12.1 Å². The maximum Gasteiger partial charge on any atom is 0.191 e. The van der Waals surface area contributed by atoms with Crippen molar-refractivity contribution in [2.45, 2.75) is 40.7 Å². The molecule has 7 heteroatoms. The van der Waals surface area contributed by atoms with Crippen LogP contribution < -0.4 is 10.6 Å². The molecule has 0 saturated carbocycles. The van der Waals surface area contributed by atoms with Crippen molar-refractivity contribution in [2.24, 2.45) is 4.99 Å². The number of fused-ring (bicyclic) bond motifs is 1. The molecule has 2 aromatic heterocycles. The van der Waals surface area contributed by atoms with Gasteiger partial charge in [0, 0.05) is 35.1 Å². The molecule has 0 fully saturated rings. The molecule has 3 rings (SSSR count). The summed E-state index contributed by atoms with van der Waals surface area (Å²) in [5.74, 6) is 0.842. The van der Waals surface area contributed by atoms with Gasteiger partial charge in [-0.05, 0) is 51.3 Å². The van der Waals surface area contributed by atoms with E-state index < -0.39 is 0 Å². The molecule has 2 heterocycles. The van der Waals surface area contributed by atoms with Crippen molar-refractivity contribution in [3.8, 4) is 0 Å². The van der Waals surface area contributed by atoms with Crippen LogP contribution in [0.15, 0.2) is 29.4 Å². The van der Waals surface area contributed by atoms with Gasteiger partial charge in [0.25, 0.3) is 0 Å². The van der Waals surface area contributed by atoms with E-state index in [9.17, 15) is 0 Å². The van der Waals surface area contributed by atoms with E-state index in [2.05, 4.69) is 70.8 Å². The number of hydrogen-bond donors (Lipinski definition) is 3. The molecule has 27 heavy (non-hydrogen) atoms. The summed E-state index contributed by atoms with van der Waals surface area (Å²) < 4.78 is 0. The molecule has 3 aromatic rings. The predicted octanol–water partition coefficient (Wildman–Crippen LogP) is 4.47. The van der Waals surface area contributed by atoms with Crippen LogP contribution >= 0.6 is 35.3 Å². The Labute approximate surface area is 182 Å². The fraction of sp³-hybridized carbons (Fsp3) is 0.400. The van der Waals surface area contributed by atoms with Crippen LogP contribution in [0.3, 0.4) is 0 Å². The first-order valence-corrected chi connectivity index (χ1v) is 9.90. The molecule has 0 saturated heterocycles. The third-order valence-electron chi connectivity index (χ3n) is 4.47. The Morgan fingerprint density at radius 3 is 2.74 bits per heavy atom. The van der Waals surface area contributed by atoms with Crippen LogP contribution in [0.2, 0.25) is 0 Å². The van der Waals surface area contributed by atoms with Crippen molar-refractivity contribution in [1.82, 2.24) is 20.6 Å². The van der Waals surface area contributed by atoms with Crippen LogP contribution in [0.25, 0.3) is 10.9 Å².